The number of hydrogen-bond acceptors (Lipinski definition) is 3. The Morgan fingerprint density at radius 2 is 2.36 bits per heavy atom. The van der Waals surface area contributed by atoms with Crippen LogP contribution in [0.25, 0.3) is 0 Å². The van der Waals surface area contributed by atoms with Crippen LogP contribution < -0.4 is 15.8 Å². The minimum absolute atomic E-state index is 0.161. The standard InChI is InChI=1S/C9H9ClN2O2/c10-5-1-2-7-6(3-5)12-9(13)8(4-11)14-7/h1-3,8H,4,11H2,(H,12,13). The van der Waals surface area contributed by atoms with Crippen molar-refractivity contribution in [2.45, 2.75) is 6.10 Å². The van der Waals surface area contributed by atoms with Crippen molar-refractivity contribution < 1.29 is 9.53 Å². The molecule has 0 aromatic heterocycles. The van der Waals surface area contributed by atoms with E-state index in [9.17, 15) is 4.79 Å². The number of carbonyl (C=O) groups excluding carboxylic acids is 1. The summed E-state index contributed by atoms with van der Waals surface area (Å²) in [5.74, 6) is 0.367. The fourth-order valence-corrected chi connectivity index (χ4v) is 1.45. The lowest BCUT2D eigenvalue weighted by Crippen LogP contribution is -2.42. The summed E-state index contributed by atoms with van der Waals surface area (Å²) in [6.07, 6.45) is -0.608. The van der Waals surface area contributed by atoms with E-state index >= 15 is 0 Å². The maximum Gasteiger partial charge on any atom is 0.266 e. The van der Waals surface area contributed by atoms with Gasteiger partial charge in [-0.25, -0.2) is 0 Å². The number of fused-ring (bicyclic) bond motifs is 1. The zero-order valence-electron chi connectivity index (χ0n) is 7.29. The first-order valence-electron chi connectivity index (χ1n) is 4.18. The first kappa shape index (κ1) is 9.30. The summed E-state index contributed by atoms with van der Waals surface area (Å²) in [4.78, 5) is 11.3. The zero-order chi connectivity index (χ0) is 10.1. The number of rotatable bonds is 1. The summed E-state index contributed by atoms with van der Waals surface area (Å²) in [6.45, 7) is 0.161. The van der Waals surface area contributed by atoms with Crippen LogP contribution >= 0.6 is 11.6 Å². The van der Waals surface area contributed by atoms with Gasteiger partial charge in [0.1, 0.15) is 5.75 Å². The number of amides is 1. The Morgan fingerprint density at radius 1 is 1.57 bits per heavy atom. The Bertz CT molecular complexity index is 381. The van der Waals surface area contributed by atoms with E-state index in [4.69, 9.17) is 22.1 Å². The van der Waals surface area contributed by atoms with Crippen LogP contribution in [0.15, 0.2) is 18.2 Å². The molecule has 0 spiro atoms. The summed E-state index contributed by atoms with van der Waals surface area (Å²) in [5.41, 5.74) is 5.96. The van der Waals surface area contributed by atoms with E-state index in [1.165, 1.54) is 0 Å². The molecule has 0 bridgehead atoms. The van der Waals surface area contributed by atoms with Gasteiger partial charge in [-0.3, -0.25) is 4.79 Å². The summed E-state index contributed by atoms with van der Waals surface area (Å²) >= 11 is 5.76. The molecule has 0 saturated heterocycles. The average Bonchev–Trinajstić information content (AvgIpc) is 2.16. The lowest BCUT2D eigenvalue weighted by Gasteiger charge is -2.24. The highest BCUT2D eigenvalue weighted by Crippen LogP contribution is 2.31. The molecule has 1 heterocycles. The minimum Gasteiger partial charge on any atom is -0.477 e. The van der Waals surface area contributed by atoms with E-state index in [2.05, 4.69) is 5.32 Å². The van der Waals surface area contributed by atoms with Gasteiger partial charge in [0.15, 0.2) is 6.10 Å². The highest BCUT2D eigenvalue weighted by Gasteiger charge is 2.25. The highest BCUT2D eigenvalue weighted by molar-refractivity contribution is 6.31. The van der Waals surface area contributed by atoms with Crippen molar-refractivity contribution in [1.82, 2.24) is 0 Å². The number of hydrogen-bond donors (Lipinski definition) is 2. The number of nitrogens with one attached hydrogen (secondary N) is 1. The molecule has 0 radical (unpaired) electrons. The van der Waals surface area contributed by atoms with Gasteiger partial charge in [0.05, 0.1) is 5.69 Å². The van der Waals surface area contributed by atoms with Gasteiger partial charge in [0.2, 0.25) is 0 Å². The van der Waals surface area contributed by atoms with Crippen LogP contribution in [0.1, 0.15) is 0 Å². The monoisotopic (exact) mass is 212 g/mol. The molecule has 3 N–H and O–H groups in total. The van der Waals surface area contributed by atoms with Crippen molar-refractivity contribution in [3.63, 3.8) is 0 Å². The van der Waals surface area contributed by atoms with Crippen LogP contribution in [0.2, 0.25) is 5.02 Å². The van der Waals surface area contributed by atoms with Crippen molar-refractivity contribution >= 4 is 23.2 Å². The average molecular weight is 213 g/mol. The number of halogens is 1. The third-order valence-corrected chi connectivity index (χ3v) is 2.21. The van der Waals surface area contributed by atoms with E-state index in [-0.39, 0.29) is 12.5 Å². The van der Waals surface area contributed by atoms with Gasteiger partial charge >= 0.3 is 0 Å². The summed E-state index contributed by atoms with van der Waals surface area (Å²) < 4.78 is 5.35. The molecule has 1 aliphatic heterocycles. The fraction of sp³-hybridized carbons (Fsp3) is 0.222. The summed E-state index contributed by atoms with van der Waals surface area (Å²) in [7, 11) is 0. The van der Waals surface area contributed by atoms with Gasteiger partial charge < -0.3 is 15.8 Å². The molecule has 5 heteroatoms. The van der Waals surface area contributed by atoms with Crippen molar-refractivity contribution in [2.24, 2.45) is 5.73 Å². The number of benzene rings is 1. The number of anilines is 1. The van der Waals surface area contributed by atoms with Gasteiger partial charge in [0.25, 0.3) is 5.91 Å². The molecule has 1 atom stereocenters. The van der Waals surface area contributed by atoms with Gasteiger partial charge in [-0.2, -0.15) is 0 Å². The molecule has 14 heavy (non-hydrogen) atoms. The first-order valence-corrected chi connectivity index (χ1v) is 4.55. The Balaban J connectivity index is 2.35. The van der Waals surface area contributed by atoms with Gasteiger partial charge in [0, 0.05) is 11.6 Å². The van der Waals surface area contributed by atoms with Crippen LogP contribution in [-0.2, 0) is 4.79 Å². The van der Waals surface area contributed by atoms with Crippen molar-refractivity contribution in [3.8, 4) is 5.75 Å². The topological polar surface area (TPSA) is 64.3 Å². The van der Waals surface area contributed by atoms with E-state index in [1.54, 1.807) is 18.2 Å². The van der Waals surface area contributed by atoms with E-state index in [1.807, 2.05) is 0 Å². The summed E-state index contributed by atoms with van der Waals surface area (Å²) in [5, 5.41) is 3.23. The largest absolute Gasteiger partial charge is 0.477 e. The van der Waals surface area contributed by atoms with E-state index in [0.29, 0.717) is 16.5 Å². The molecule has 0 aliphatic carbocycles. The maximum absolute atomic E-state index is 11.3. The molecular formula is C9H9ClN2O2. The zero-order valence-corrected chi connectivity index (χ0v) is 8.04. The molecular weight excluding hydrogens is 204 g/mol. The van der Waals surface area contributed by atoms with E-state index < -0.39 is 6.10 Å². The predicted octanol–water partition coefficient (Wildman–Crippen LogP) is 0.998. The fourth-order valence-electron chi connectivity index (χ4n) is 1.28. The molecule has 4 nitrogen and oxygen atoms in total. The number of ether oxygens (including phenoxy) is 1. The van der Waals surface area contributed by atoms with Crippen LogP contribution in [0, 0.1) is 0 Å². The van der Waals surface area contributed by atoms with Gasteiger partial charge in [-0.15, -0.1) is 0 Å². The second-order valence-corrected chi connectivity index (χ2v) is 3.41. The predicted molar refractivity (Wildman–Crippen MR) is 53.6 cm³/mol. The van der Waals surface area contributed by atoms with Crippen LogP contribution in [-0.4, -0.2) is 18.6 Å². The molecule has 1 aromatic rings. The second-order valence-electron chi connectivity index (χ2n) is 2.97. The molecule has 74 valence electrons. The van der Waals surface area contributed by atoms with Crippen molar-refractivity contribution in [2.75, 3.05) is 11.9 Å². The van der Waals surface area contributed by atoms with E-state index in [0.717, 1.165) is 0 Å². The van der Waals surface area contributed by atoms with Crippen molar-refractivity contribution in [3.05, 3.63) is 23.2 Å². The SMILES string of the molecule is NCC1Oc2ccc(Cl)cc2NC1=O. The Hall–Kier alpha value is -1.26. The molecule has 1 amide bonds. The molecule has 1 aliphatic rings. The minimum atomic E-state index is -0.608. The molecule has 1 aromatic carbocycles. The number of nitrogens with two attached hydrogens (primary N) is 1. The molecule has 2 rings (SSSR count). The number of carbonyl (C=O) groups is 1. The molecule has 1 unspecified atom stereocenters. The third kappa shape index (κ3) is 1.54. The molecule has 0 saturated carbocycles. The van der Waals surface area contributed by atoms with Crippen LogP contribution in [0.5, 0.6) is 5.75 Å². The van der Waals surface area contributed by atoms with Crippen LogP contribution in [0.3, 0.4) is 0 Å². The smallest absolute Gasteiger partial charge is 0.266 e. The van der Waals surface area contributed by atoms with Gasteiger partial charge in [-0.05, 0) is 18.2 Å². The normalized spacial score (nSPS) is 19.6. The maximum atomic E-state index is 11.3. The lowest BCUT2D eigenvalue weighted by molar-refractivity contribution is -0.123. The van der Waals surface area contributed by atoms with Crippen LogP contribution in [0.4, 0.5) is 5.69 Å². The van der Waals surface area contributed by atoms with Crippen molar-refractivity contribution in [1.29, 1.82) is 0 Å². The van der Waals surface area contributed by atoms with Gasteiger partial charge in [-0.1, -0.05) is 11.6 Å². The third-order valence-electron chi connectivity index (χ3n) is 1.98. The second kappa shape index (κ2) is 3.48. The first-order chi connectivity index (χ1) is 6.70. The summed E-state index contributed by atoms with van der Waals surface area (Å²) in [6, 6.07) is 5.05. The Kier molecular flexibility index (Phi) is 2.31. The quantitative estimate of drug-likeness (QED) is 0.730. The Labute approximate surface area is 86.0 Å². The highest BCUT2D eigenvalue weighted by atomic mass is 35.5. The lowest BCUT2D eigenvalue weighted by atomic mass is 10.2. The molecule has 0 fully saturated rings. The Morgan fingerprint density at radius 3 is 3.07 bits per heavy atom.